The van der Waals surface area contributed by atoms with Crippen LogP contribution in [0.25, 0.3) is 0 Å². The maximum Gasteiger partial charge on any atom is 0.428 e. The Bertz CT molecular complexity index is 496. The minimum atomic E-state index is -0.596. The summed E-state index contributed by atoms with van der Waals surface area (Å²) in [4.78, 5) is 11.4. The van der Waals surface area contributed by atoms with E-state index in [1.165, 1.54) is 6.21 Å². The van der Waals surface area contributed by atoms with Crippen LogP contribution in [-0.2, 0) is 4.74 Å². The molecule has 1 aromatic rings. The summed E-state index contributed by atoms with van der Waals surface area (Å²) in [5, 5.41) is 3.86. The van der Waals surface area contributed by atoms with Crippen molar-refractivity contribution < 1.29 is 14.3 Å². The summed E-state index contributed by atoms with van der Waals surface area (Å²) in [5.74, 6) is 0.699. The van der Waals surface area contributed by atoms with Crippen molar-refractivity contribution in [3.63, 3.8) is 0 Å². The lowest BCUT2D eigenvalue weighted by atomic mass is 10.2. The van der Waals surface area contributed by atoms with Gasteiger partial charge in [0.2, 0.25) is 0 Å². The molecule has 0 atom stereocenters. The highest BCUT2D eigenvalue weighted by Gasteiger charge is 2.15. The standard InChI is InChI=1S/C14H19BrN2O3/c1-5-19-12-7-6-11(15)8-10(12)9-16-17-13(18)20-14(2,3)4/h6-9H,5H2,1-4H3,(H,17,18)/b16-9+. The van der Waals surface area contributed by atoms with Gasteiger partial charge in [0.25, 0.3) is 0 Å². The normalized spacial score (nSPS) is 11.4. The van der Waals surface area contributed by atoms with Crippen LogP contribution in [0.3, 0.4) is 0 Å². The number of nitrogens with one attached hydrogen (secondary N) is 1. The Kier molecular flexibility index (Phi) is 6.01. The zero-order valence-electron chi connectivity index (χ0n) is 12.1. The Hall–Kier alpha value is -1.56. The van der Waals surface area contributed by atoms with Gasteiger partial charge in [0.1, 0.15) is 11.4 Å². The lowest BCUT2D eigenvalue weighted by molar-refractivity contribution is 0.0529. The molecule has 0 radical (unpaired) electrons. The van der Waals surface area contributed by atoms with Crippen LogP contribution in [0.1, 0.15) is 33.3 Å². The van der Waals surface area contributed by atoms with Crippen LogP contribution >= 0.6 is 15.9 Å². The number of halogens is 1. The third kappa shape index (κ3) is 6.06. The molecule has 1 rings (SSSR count). The number of hydrazone groups is 1. The van der Waals surface area contributed by atoms with Gasteiger partial charge in [-0.3, -0.25) is 0 Å². The highest BCUT2D eigenvalue weighted by atomic mass is 79.9. The van der Waals surface area contributed by atoms with Gasteiger partial charge in [0.15, 0.2) is 0 Å². The number of ether oxygens (including phenoxy) is 2. The van der Waals surface area contributed by atoms with Gasteiger partial charge in [-0.25, -0.2) is 10.2 Å². The molecule has 1 N–H and O–H groups in total. The van der Waals surface area contributed by atoms with Crippen LogP contribution in [0.2, 0.25) is 0 Å². The maximum absolute atomic E-state index is 11.4. The quantitative estimate of drug-likeness (QED) is 0.670. The van der Waals surface area contributed by atoms with Crippen LogP contribution in [0.5, 0.6) is 5.75 Å². The predicted octanol–water partition coefficient (Wildman–Crippen LogP) is 3.71. The molecule has 6 heteroatoms. The van der Waals surface area contributed by atoms with E-state index in [0.717, 1.165) is 10.0 Å². The van der Waals surface area contributed by atoms with Gasteiger partial charge in [0.05, 0.1) is 12.8 Å². The predicted molar refractivity (Wildman–Crippen MR) is 82.3 cm³/mol. The highest BCUT2D eigenvalue weighted by molar-refractivity contribution is 9.10. The highest BCUT2D eigenvalue weighted by Crippen LogP contribution is 2.21. The summed E-state index contributed by atoms with van der Waals surface area (Å²) in [6.45, 7) is 7.83. The molecule has 0 fully saturated rings. The van der Waals surface area contributed by atoms with Crippen LogP contribution in [-0.4, -0.2) is 24.5 Å². The minimum Gasteiger partial charge on any atom is -0.493 e. The zero-order chi connectivity index (χ0) is 15.2. The molecular weight excluding hydrogens is 324 g/mol. The maximum atomic E-state index is 11.4. The van der Waals surface area contributed by atoms with Crippen molar-refractivity contribution in [2.45, 2.75) is 33.3 Å². The molecule has 0 unspecified atom stereocenters. The second-order valence-electron chi connectivity index (χ2n) is 4.99. The first-order valence-electron chi connectivity index (χ1n) is 6.26. The number of rotatable bonds is 4. The first kappa shape index (κ1) is 16.5. The number of nitrogens with zero attached hydrogens (tertiary/aromatic N) is 1. The second-order valence-corrected chi connectivity index (χ2v) is 5.90. The summed E-state index contributed by atoms with van der Waals surface area (Å²) in [6.07, 6.45) is 0.918. The molecular formula is C14H19BrN2O3. The lowest BCUT2D eigenvalue weighted by Gasteiger charge is -2.18. The van der Waals surface area contributed by atoms with Gasteiger partial charge in [-0.15, -0.1) is 0 Å². The molecule has 20 heavy (non-hydrogen) atoms. The van der Waals surface area contributed by atoms with Gasteiger partial charge in [-0.2, -0.15) is 5.10 Å². The zero-order valence-corrected chi connectivity index (χ0v) is 13.7. The van der Waals surface area contributed by atoms with Crippen molar-refractivity contribution in [2.24, 2.45) is 5.10 Å². The van der Waals surface area contributed by atoms with Crippen molar-refractivity contribution in [3.8, 4) is 5.75 Å². The van der Waals surface area contributed by atoms with Gasteiger partial charge < -0.3 is 9.47 Å². The number of amides is 1. The Labute approximate surface area is 127 Å². The molecule has 0 aromatic heterocycles. The fourth-order valence-corrected chi connectivity index (χ4v) is 1.74. The number of hydrogen-bond donors (Lipinski definition) is 1. The summed E-state index contributed by atoms with van der Waals surface area (Å²) in [6, 6.07) is 5.57. The Morgan fingerprint density at radius 2 is 2.15 bits per heavy atom. The van der Waals surface area contributed by atoms with E-state index in [0.29, 0.717) is 12.4 Å². The molecule has 5 nitrogen and oxygen atoms in total. The van der Waals surface area contributed by atoms with E-state index < -0.39 is 11.7 Å². The number of hydrogen-bond acceptors (Lipinski definition) is 4. The summed E-state index contributed by atoms with van der Waals surface area (Å²) < 4.78 is 11.4. The molecule has 0 aliphatic heterocycles. The molecule has 1 aromatic carbocycles. The topological polar surface area (TPSA) is 59.9 Å². The molecule has 1 amide bonds. The van der Waals surface area contributed by atoms with E-state index in [9.17, 15) is 4.79 Å². The largest absolute Gasteiger partial charge is 0.493 e. The smallest absolute Gasteiger partial charge is 0.428 e. The van der Waals surface area contributed by atoms with Gasteiger partial charge in [-0.05, 0) is 45.9 Å². The molecule has 0 heterocycles. The average Bonchev–Trinajstić information content (AvgIpc) is 2.30. The molecule has 0 aliphatic carbocycles. The van der Waals surface area contributed by atoms with Crippen molar-refractivity contribution in [3.05, 3.63) is 28.2 Å². The average molecular weight is 343 g/mol. The van der Waals surface area contributed by atoms with Gasteiger partial charge in [0, 0.05) is 10.0 Å². The first-order chi connectivity index (χ1) is 9.31. The Morgan fingerprint density at radius 3 is 2.75 bits per heavy atom. The van der Waals surface area contributed by atoms with Crippen molar-refractivity contribution in [2.75, 3.05) is 6.61 Å². The van der Waals surface area contributed by atoms with Crippen molar-refractivity contribution in [1.29, 1.82) is 0 Å². The molecule has 0 saturated heterocycles. The van der Waals surface area contributed by atoms with Crippen LogP contribution in [0, 0.1) is 0 Å². The molecule has 0 bridgehead atoms. The van der Waals surface area contributed by atoms with E-state index in [2.05, 4.69) is 26.5 Å². The molecule has 110 valence electrons. The first-order valence-corrected chi connectivity index (χ1v) is 7.05. The van der Waals surface area contributed by atoms with Crippen molar-refractivity contribution in [1.82, 2.24) is 5.43 Å². The Balaban J connectivity index is 2.70. The minimum absolute atomic E-state index is 0.550. The van der Waals surface area contributed by atoms with E-state index in [4.69, 9.17) is 9.47 Å². The van der Waals surface area contributed by atoms with Crippen LogP contribution < -0.4 is 10.2 Å². The van der Waals surface area contributed by atoms with Crippen LogP contribution in [0.15, 0.2) is 27.8 Å². The third-order valence-electron chi connectivity index (χ3n) is 2.03. The summed E-state index contributed by atoms with van der Waals surface area (Å²) >= 11 is 3.38. The summed E-state index contributed by atoms with van der Waals surface area (Å²) in [7, 11) is 0. The van der Waals surface area contributed by atoms with Gasteiger partial charge in [-0.1, -0.05) is 15.9 Å². The third-order valence-corrected chi connectivity index (χ3v) is 2.52. The van der Waals surface area contributed by atoms with E-state index in [1.807, 2.05) is 25.1 Å². The number of benzene rings is 1. The summed E-state index contributed by atoms with van der Waals surface area (Å²) in [5.41, 5.74) is 2.53. The molecule has 0 saturated carbocycles. The van der Waals surface area contributed by atoms with Crippen LogP contribution in [0.4, 0.5) is 4.79 Å². The lowest BCUT2D eigenvalue weighted by Crippen LogP contribution is -2.29. The van der Waals surface area contributed by atoms with Crippen molar-refractivity contribution >= 4 is 28.2 Å². The second kappa shape index (κ2) is 7.28. The van der Waals surface area contributed by atoms with E-state index in [-0.39, 0.29) is 0 Å². The Morgan fingerprint density at radius 1 is 1.45 bits per heavy atom. The number of carbonyl (C=O) groups is 1. The monoisotopic (exact) mass is 342 g/mol. The molecule has 0 spiro atoms. The number of carbonyl (C=O) groups excluding carboxylic acids is 1. The SMILES string of the molecule is CCOc1ccc(Br)cc1/C=N/NC(=O)OC(C)(C)C. The van der Waals surface area contributed by atoms with E-state index >= 15 is 0 Å². The fraction of sp³-hybridized carbons (Fsp3) is 0.429. The molecule has 0 aliphatic rings. The fourth-order valence-electron chi connectivity index (χ4n) is 1.36. The van der Waals surface area contributed by atoms with E-state index in [1.54, 1.807) is 20.8 Å². The van der Waals surface area contributed by atoms with Gasteiger partial charge >= 0.3 is 6.09 Å².